The first-order valence-electron chi connectivity index (χ1n) is 10.2. The molecule has 2 heterocycles. The molecule has 1 aliphatic carbocycles. The Balaban J connectivity index is 1.63. The van der Waals surface area contributed by atoms with E-state index in [1.165, 1.54) is 4.90 Å². The SMILES string of the molecule is O=C(CC(F)(F)F)N1C[C@H]2[C@@H](c3ccccc31)[C@H](CO)N2C(=O)C1CCCCC1. The number of fused-ring (bicyclic) bond motifs is 3. The third kappa shape index (κ3) is 3.63. The van der Waals surface area contributed by atoms with E-state index in [4.69, 9.17) is 0 Å². The molecule has 0 radical (unpaired) electrons. The summed E-state index contributed by atoms with van der Waals surface area (Å²) < 4.78 is 38.5. The van der Waals surface area contributed by atoms with Gasteiger partial charge in [0.1, 0.15) is 6.42 Å². The zero-order valence-electron chi connectivity index (χ0n) is 16.1. The van der Waals surface area contributed by atoms with E-state index in [-0.39, 0.29) is 30.9 Å². The molecule has 3 aliphatic rings. The number of halogens is 3. The normalized spacial score (nSPS) is 27.1. The van der Waals surface area contributed by atoms with Gasteiger partial charge in [0.15, 0.2) is 0 Å². The molecule has 3 atom stereocenters. The molecular weight excluding hydrogens is 385 g/mol. The number of carbonyl (C=O) groups excluding carboxylic acids is 2. The summed E-state index contributed by atoms with van der Waals surface area (Å²) in [7, 11) is 0. The minimum Gasteiger partial charge on any atom is -0.394 e. The predicted molar refractivity (Wildman–Crippen MR) is 100 cm³/mol. The third-order valence-corrected chi connectivity index (χ3v) is 6.55. The predicted octanol–water partition coefficient (Wildman–Crippen LogP) is 3.22. The number of hydrogen-bond acceptors (Lipinski definition) is 3. The Bertz CT molecular complexity index is 792. The van der Waals surface area contributed by atoms with Crippen LogP contribution in [-0.4, -0.2) is 53.2 Å². The van der Waals surface area contributed by atoms with Gasteiger partial charge in [0, 0.05) is 24.1 Å². The molecule has 0 aromatic heterocycles. The fraction of sp³-hybridized carbons (Fsp3) is 0.619. The maximum atomic E-state index is 13.2. The third-order valence-electron chi connectivity index (χ3n) is 6.55. The lowest BCUT2D eigenvalue weighted by Gasteiger charge is -2.59. The topological polar surface area (TPSA) is 60.9 Å². The number of hydrogen-bond donors (Lipinski definition) is 1. The zero-order valence-corrected chi connectivity index (χ0v) is 16.1. The quantitative estimate of drug-likeness (QED) is 0.833. The van der Waals surface area contributed by atoms with Gasteiger partial charge in [-0.05, 0) is 24.5 Å². The lowest BCUT2D eigenvalue weighted by molar-refractivity contribution is -0.159. The molecule has 1 aromatic rings. The number of aliphatic hydroxyl groups is 1. The fourth-order valence-corrected chi connectivity index (χ4v) is 5.26. The summed E-state index contributed by atoms with van der Waals surface area (Å²) in [6, 6.07) is 6.09. The number of anilines is 1. The minimum atomic E-state index is -4.59. The van der Waals surface area contributed by atoms with Gasteiger partial charge < -0.3 is 14.9 Å². The Labute approximate surface area is 167 Å². The molecule has 5 nitrogen and oxygen atoms in total. The average Bonchev–Trinajstić information content (AvgIpc) is 2.67. The number of para-hydroxylation sites is 1. The van der Waals surface area contributed by atoms with Gasteiger partial charge in [0.05, 0.1) is 18.7 Å². The molecule has 2 fully saturated rings. The summed E-state index contributed by atoms with van der Waals surface area (Å²) in [5.74, 6) is -1.32. The number of likely N-dealkylation sites (tertiary alicyclic amines) is 1. The summed E-state index contributed by atoms with van der Waals surface area (Å²) in [5.41, 5.74) is 1.18. The van der Waals surface area contributed by atoms with Gasteiger partial charge in [0.25, 0.3) is 0 Å². The lowest BCUT2D eigenvalue weighted by atomic mass is 9.70. The molecule has 1 N–H and O–H groups in total. The van der Waals surface area contributed by atoms with Crippen LogP contribution in [0.15, 0.2) is 24.3 Å². The standard InChI is InChI=1S/C21H25F3N2O3/c22-21(23,24)10-18(28)25-11-16-19(14-8-4-5-9-15(14)25)17(12-27)26(16)20(29)13-6-2-1-3-7-13/h4-5,8-9,13,16-17,19,27H,1-3,6-7,10-12H2/t16-,17-,19+/m0/s1. The van der Waals surface area contributed by atoms with Crippen molar-refractivity contribution < 1.29 is 27.9 Å². The highest BCUT2D eigenvalue weighted by atomic mass is 19.4. The second-order valence-corrected chi connectivity index (χ2v) is 8.28. The van der Waals surface area contributed by atoms with E-state index in [1.54, 1.807) is 29.2 Å². The van der Waals surface area contributed by atoms with E-state index < -0.39 is 30.6 Å². The molecule has 158 valence electrons. The van der Waals surface area contributed by atoms with Crippen molar-refractivity contribution in [2.45, 2.75) is 62.7 Å². The molecule has 0 unspecified atom stereocenters. The minimum absolute atomic E-state index is 0.0333. The number of rotatable bonds is 3. The van der Waals surface area contributed by atoms with Gasteiger partial charge >= 0.3 is 6.18 Å². The van der Waals surface area contributed by atoms with Gasteiger partial charge in [-0.25, -0.2) is 0 Å². The van der Waals surface area contributed by atoms with Gasteiger partial charge in [0.2, 0.25) is 11.8 Å². The van der Waals surface area contributed by atoms with Crippen molar-refractivity contribution in [1.82, 2.24) is 4.90 Å². The number of aliphatic hydroxyl groups excluding tert-OH is 1. The smallest absolute Gasteiger partial charge is 0.394 e. The van der Waals surface area contributed by atoms with Crippen molar-refractivity contribution in [2.75, 3.05) is 18.1 Å². The second kappa shape index (κ2) is 7.63. The number of nitrogens with zero attached hydrogens (tertiary/aromatic N) is 2. The van der Waals surface area contributed by atoms with E-state index >= 15 is 0 Å². The molecule has 0 spiro atoms. The Hall–Kier alpha value is -2.09. The first-order valence-corrected chi connectivity index (χ1v) is 10.2. The molecule has 2 amide bonds. The van der Waals surface area contributed by atoms with Gasteiger partial charge in [-0.1, -0.05) is 37.5 Å². The molecule has 1 saturated carbocycles. The van der Waals surface area contributed by atoms with Crippen LogP contribution in [0.25, 0.3) is 0 Å². The maximum absolute atomic E-state index is 13.2. The van der Waals surface area contributed by atoms with Crippen LogP contribution >= 0.6 is 0 Å². The highest BCUT2D eigenvalue weighted by Gasteiger charge is 2.56. The second-order valence-electron chi connectivity index (χ2n) is 8.28. The first kappa shape index (κ1) is 20.2. The van der Waals surface area contributed by atoms with Crippen LogP contribution < -0.4 is 4.90 Å². The molecule has 0 bridgehead atoms. The van der Waals surface area contributed by atoms with Gasteiger partial charge in [-0.15, -0.1) is 0 Å². The van der Waals surface area contributed by atoms with Crippen LogP contribution in [0.2, 0.25) is 0 Å². The Kier molecular flexibility index (Phi) is 5.31. The monoisotopic (exact) mass is 410 g/mol. The maximum Gasteiger partial charge on any atom is 0.397 e. The summed E-state index contributed by atoms with van der Waals surface area (Å²) in [5, 5.41) is 9.97. The van der Waals surface area contributed by atoms with Crippen molar-refractivity contribution in [3.05, 3.63) is 29.8 Å². The van der Waals surface area contributed by atoms with Crippen LogP contribution in [0.4, 0.5) is 18.9 Å². The number of carbonyl (C=O) groups is 2. The first-order chi connectivity index (χ1) is 13.8. The van der Waals surface area contributed by atoms with Crippen molar-refractivity contribution >= 4 is 17.5 Å². The Morgan fingerprint density at radius 1 is 1.10 bits per heavy atom. The van der Waals surface area contributed by atoms with E-state index in [0.717, 1.165) is 37.7 Å². The lowest BCUT2D eigenvalue weighted by Crippen LogP contribution is -2.71. The Morgan fingerprint density at radius 3 is 2.45 bits per heavy atom. The fourth-order valence-electron chi connectivity index (χ4n) is 5.26. The van der Waals surface area contributed by atoms with Gasteiger partial charge in [-0.3, -0.25) is 9.59 Å². The van der Waals surface area contributed by atoms with Crippen LogP contribution in [-0.2, 0) is 9.59 Å². The molecule has 2 aliphatic heterocycles. The molecular formula is C21H25F3N2O3. The Morgan fingerprint density at radius 2 is 1.79 bits per heavy atom. The van der Waals surface area contributed by atoms with E-state index in [9.17, 15) is 27.9 Å². The molecule has 4 rings (SSSR count). The summed E-state index contributed by atoms with van der Waals surface area (Å²) in [6.45, 7) is -0.171. The van der Waals surface area contributed by atoms with Crippen molar-refractivity contribution in [1.29, 1.82) is 0 Å². The van der Waals surface area contributed by atoms with E-state index in [1.807, 2.05) is 0 Å². The summed E-state index contributed by atoms with van der Waals surface area (Å²) in [6.07, 6.45) is -1.43. The van der Waals surface area contributed by atoms with Crippen molar-refractivity contribution in [3.63, 3.8) is 0 Å². The number of benzene rings is 1. The van der Waals surface area contributed by atoms with Gasteiger partial charge in [-0.2, -0.15) is 13.2 Å². The number of amides is 2. The van der Waals surface area contributed by atoms with Crippen molar-refractivity contribution in [3.8, 4) is 0 Å². The molecule has 29 heavy (non-hydrogen) atoms. The van der Waals surface area contributed by atoms with Crippen LogP contribution in [0.5, 0.6) is 0 Å². The van der Waals surface area contributed by atoms with E-state index in [2.05, 4.69) is 0 Å². The van der Waals surface area contributed by atoms with Crippen molar-refractivity contribution in [2.24, 2.45) is 5.92 Å². The highest BCUT2D eigenvalue weighted by molar-refractivity contribution is 5.96. The average molecular weight is 410 g/mol. The molecule has 8 heteroatoms. The zero-order chi connectivity index (χ0) is 20.8. The molecule has 1 aromatic carbocycles. The highest BCUT2D eigenvalue weighted by Crippen LogP contribution is 2.49. The van der Waals surface area contributed by atoms with E-state index in [0.29, 0.717) is 5.69 Å². The summed E-state index contributed by atoms with van der Waals surface area (Å²) >= 11 is 0. The van der Waals surface area contributed by atoms with Crippen LogP contribution in [0.1, 0.15) is 50.0 Å². The number of alkyl halides is 3. The molecule has 1 saturated heterocycles. The largest absolute Gasteiger partial charge is 0.397 e. The van der Waals surface area contributed by atoms with Crippen LogP contribution in [0, 0.1) is 5.92 Å². The summed E-state index contributed by atoms with van der Waals surface area (Å²) in [4.78, 5) is 28.4. The van der Waals surface area contributed by atoms with Crippen LogP contribution in [0.3, 0.4) is 0 Å².